The van der Waals surface area contributed by atoms with Crippen molar-refractivity contribution in [1.82, 2.24) is 5.32 Å². The number of halogens is 2. The summed E-state index contributed by atoms with van der Waals surface area (Å²) in [5.41, 5.74) is 0.395. The lowest BCUT2D eigenvalue weighted by molar-refractivity contribution is 0.340. The quantitative estimate of drug-likeness (QED) is 0.908. The van der Waals surface area contributed by atoms with Crippen molar-refractivity contribution in [1.29, 1.82) is 0 Å². The Morgan fingerprint density at radius 3 is 2.75 bits per heavy atom. The van der Waals surface area contributed by atoms with Crippen molar-refractivity contribution in [2.24, 2.45) is 5.92 Å². The number of rotatable bonds is 4. The van der Waals surface area contributed by atoms with E-state index in [9.17, 15) is 8.78 Å². The van der Waals surface area contributed by atoms with E-state index in [1.165, 1.54) is 6.07 Å². The lowest BCUT2D eigenvalue weighted by Crippen LogP contribution is -2.57. The average Bonchev–Trinajstić information content (AvgIpc) is 2.41. The maximum absolute atomic E-state index is 14.0. The molecule has 1 aliphatic heterocycles. The molecule has 0 amide bonds. The van der Waals surface area contributed by atoms with Crippen molar-refractivity contribution < 1.29 is 8.78 Å². The molecule has 0 spiro atoms. The molecular weight excluding hydrogens is 258 g/mol. The van der Waals surface area contributed by atoms with Crippen molar-refractivity contribution in [3.63, 3.8) is 0 Å². The highest BCUT2D eigenvalue weighted by Gasteiger charge is 2.29. The first-order chi connectivity index (χ1) is 9.52. The molecule has 20 heavy (non-hydrogen) atoms. The van der Waals surface area contributed by atoms with Gasteiger partial charge in [-0.2, -0.15) is 0 Å². The Hall–Kier alpha value is -1.16. The van der Waals surface area contributed by atoms with E-state index in [1.54, 1.807) is 12.1 Å². The van der Waals surface area contributed by atoms with E-state index in [4.69, 9.17) is 0 Å². The molecule has 1 heterocycles. The molecule has 0 bridgehead atoms. The second-order valence-electron chi connectivity index (χ2n) is 6.02. The van der Waals surface area contributed by atoms with Gasteiger partial charge in [-0.1, -0.05) is 26.8 Å². The normalized spacial score (nSPS) is 23.4. The molecule has 2 unspecified atom stereocenters. The van der Waals surface area contributed by atoms with Gasteiger partial charge in [0.2, 0.25) is 0 Å². The van der Waals surface area contributed by atoms with E-state index in [2.05, 4.69) is 26.1 Å². The van der Waals surface area contributed by atoms with Crippen molar-refractivity contribution in [3.05, 3.63) is 29.8 Å². The summed E-state index contributed by atoms with van der Waals surface area (Å²) in [6.07, 6.45) is 1.96. The lowest BCUT2D eigenvalue weighted by atomic mass is 9.98. The minimum atomic E-state index is -0.767. The predicted octanol–water partition coefficient (Wildman–Crippen LogP) is 3.57. The molecule has 1 aromatic rings. The van der Waals surface area contributed by atoms with Crippen LogP contribution >= 0.6 is 0 Å². The van der Waals surface area contributed by atoms with Gasteiger partial charge in [0, 0.05) is 25.2 Å². The number of benzene rings is 1. The van der Waals surface area contributed by atoms with Crippen molar-refractivity contribution >= 4 is 5.69 Å². The molecule has 1 aromatic carbocycles. The van der Waals surface area contributed by atoms with Crippen molar-refractivity contribution in [2.45, 2.75) is 45.7 Å². The summed E-state index contributed by atoms with van der Waals surface area (Å²) in [6, 6.07) is 4.99. The fraction of sp³-hybridized carbons (Fsp3) is 0.625. The standard InChI is InChI=1S/C16H24F2N2/c1-4-13-9-19-12(8-11(2)3)10-20(13)15-7-5-6-14(17)16(15)18/h5-7,11-13,19H,4,8-10H2,1-3H3. The van der Waals surface area contributed by atoms with Gasteiger partial charge in [0.1, 0.15) is 0 Å². The Labute approximate surface area is 120 Å². The smallest absolute Gasteiger partial charge is 0.182 e. The molecule has 0 aromatic heterocycles. The summed E-state index contributed by atoms with van der Waals surface area (Å²) in [7, 11) is 0. The summed E-state index contributed by atoms with van der Waals surface area (Å²) in [5.74, 6) is -0.905. The molecule has 1 fully saturated rings. The minimum Gasteiger partial charge on any atom is -0.363 e. The number of nitrogens with zero attached hydrogens (tertiary/aromatic N) is 1. The Balaban J connectivity index is 2.22. The van der Waals surface area contributed by atoms with Gasteiger partial charge in [0.25, 0.3) is 0 Å². The van der Waals surface area contributed by atoms with E-state index in [-0.39, 0.29) is 6.04 Å². The van der Waals surface area contributed by atoms with Crippen LogP contribution in [0.5, 0.6) is 0 Å². The van der Waals surface area contributed by atoms with Crippen LogP contribution in [0, 0.1) is 17.6 Å². The zero-order chi connectivity index (χ0) is 14.7. The molecular formula is C16H24F2N2. The first-order valence-electron chi connectivity index (χ1n) is 7.47. The largest absolute Gasteiger partial charge is 0.363 e. The second-order valence-corrected chi connectivity index (χ2v) is 6.02. The van der Waals surface area contributed by atoms with Gasteiger partial charge >= 0.3 is 0 Å². The van der Waals surface area contributed by atoms with Gasteiger partial charge in [-0.3, -0.25) is 0 Å². The average molecular weight is 282 g/mol. The van der Waals surface area contributed by atoms with Gasteiger partial charge in [-0.05, 0) is 30.9 Å². The van der Waals surface area contributed by atoms with Gasteiger partial charge in [-0.25, -0.2) is 8.78 Å². The predicted molar refractivity (Wildman–Crippen MR) is 79.0 cm³/mol. The van der Waals surface area contributed by atoms with Crippen LogP contribution in [0.4, 0.5) is 14.5 Å². The van der Waals surface area contributed by atoms with Crippen LogP contribution in [0.3, 0.4) is 0 Å². The molecule has 2 nitrogen and oxygen atoms in total. The molecule has 0 saturated carbocycles. The molecule has 2 rings (SSSR count). The third kappa shape index (κ3) is 3.29. The SMILES string of the molecule is CCC1CNC(CC(C)C)CN1c1cccc(F)c1F. The minimum absolute atomic E-state index is 0.217. The summed E-state index contributed by atoms with van der Waals surface area (Å²) in [5, 5.41) is 3.53. The van der Waals surface area contributed by atoms with E-state index in [0.717, 1.165) is 25.9 Å². The second kappa shape index (κ2) is 6.53. The van der Waals surface area contributed by atoms with Gasteiger partial charge in [0.05, 0.1) is 5.69 Å². The zero-order valence-corrected chi connectivity index (χ0v) is 12.5. The van der Waals surface area contributed by atoms with Crippen LogP contribution in [0.15, 0.2) is 18.2 Å². The third-order valence-corrected chi connectivity index (χ3v) is 3.97. The summed E-state index contributed by atoms with van der Waals surface area (Å²) < 4.78 is 27.5. The number of hydrogen-bond donors (Lipinski definition) is 1. The summed E-state index contributed by atoms with van der Waals surface area (Å²) in [4.78, 5) is 2.03. The van der Waals surface area contributed by atoms with Crippen LogP contribution in [0.25, 0.3) is 0 Å². The number of nitrogens with one attached hydrogen (secondary N) is 1. The van der Waals surface area contributed by atoms with Crippen LogP contribution in [0.2, 0.25) is 0 Å². The van der Waals surface area contributed by atoms with E-state index < -0.39 is 11.6 Å². The number of hydrogen-bond acceptors (Lipinski definition) is 2. The summed E-state index contributed by atoms with van der Waals surface area (Å²) >= 11 is 0. The van der Waals surface area contributed by atoms with Crippen LogP contribution < -0.4 is 10.2 Å². The maximum atomic E-state index is 14.0. The molecule has 4 heteroatoms. The lowest BCUT2D eigenvalue weighted by Gasteiger charge is -2.42. The van der Waals surface area contributed by atoms with Crippen LogP contribution in [0.1, 0.15) is 33.6 Å². The topological polar surface area (TPSA) is 15.3 Å². The van der Waals surface area contributed by atoms with Crippen LogP contribution in [-0.2, 0) is 0 Å². The van der Waals surface area contributed by atoms with Gasteiger partial charge < -0.3 is 10.2 Å². The fourth-order valence-electron chi connectivity index (χ4n) is 2.96. The van der Waals surface area contributed by atoms with Crippen molar-refractivity contribution in [3.8, 4) is 0 Å². The van der Waals surface area contributed by atoms with E-state index >= 15 is 0 Å². The monoisotopic (exact) mass is 282 g/mol. The zero-order valence-electron chi connectivity index (χ0n) is 12.5. The van der Waals surface area contributed by atoms with Crippen LogP contribution in [-0.4, -0.2) is 25.2 Å². The Morgan fingerprint density at radius 1 is 1.35 bits per heavy atom. The maximum Gasteiger partial charge on any atom is 0.182 e. The van der Waals surface area contributed by atoms with Crippen molar-refractivity contribution in [2.75, 3.05) is 18.0 Å². The Kier molecular flexibility index (Phi) is 4.97. The fourth-order valence-corrected chi connectivity index (χ4v) is 2.96. The van der Waals surface area contributed by atoms with Gasteiger partial charge in [-0.15, -0.1) is 0 Å². The Morgan fingerprint density at radius 2 is 2.10 bits per heavy atom. The van der Waals surface area contributed by atoms with E-state index in [0.29, 0.717) is 17.6 Å². The third-order valence-electron chi connectivity index (χ3n) is 3.97. The van der Waals surface area contributed by atoms with E-state index in [1.807, 2.05) is 4.90 Å². The highest BCUT2D eigenvalue weighted by molar-refractivity contribution is 5.50. The summed E-state index contributed by atoms with van der Waals surface area (Å²) in [6.45, 7) is 8.00. The first kappa shape index (κ1) is 15.2. The molecule has 0 radical (unpaired) electrons. The molecule has 2 atom stereocenters. The molecule has 1 saturated heterocycles. The molecule has 1 N–H and O–H groups in total. The Bertz CT molecular complexity index is 448. The molecule has 112 valence electrons. The highest BCUT2D eigenvalue weighted by Crippen LogP contribution is 2.27. The first-order valence-corrected chi connectivity index (χ1v) is 7.47. The highest BCUT2D eigenvalue weighted by atomic mass is 19.2. The number of anilines is 1. The molecule has 1 aliphatic rings. The number of piperazine rings is 1. The van der Waals surface area contributed by atoms with Gasteiger partial charge in [0.15, 0.2) is 11.6 Å². The molecule has 0 aliphatic carbocycles.